The summed E-state index contributed by atoms with van der Waals surface area (Å²) in [6.45, 7) is 3.81. The molecule has 0 aromatic carbocycles. The van der Waals surface area contributed by atoms with Gasteiger partial charge in [-0.05, 0) is 25.5 Å². The van der Waals surface area contributed by atoms with Crippen molar-refractivity contribution in [1.82, 2.24) is 4.98 Å². The number of esters is 1. The molecule has 1 aliphatic heterocycles. The summed E-state index contributed by atoms with van der Waals surface area (Å²) in [6.07, 6.45) is 2.10. The van der Waals surface area contributed by atoms with Crippen LogP contribution in [0, 0.1) is 5.92 Å². The molecule has 0 saturated carbocycles. The summed E-state index contributed by atoms with van der Waals surface area (Å²) in [5, 5.41) is 0. The van der Waals surface area contributed by atoms with E-state index in [0.717, 1.165) is 0 Å². The minimum absolute atomic E-state index is 0.250. The number of carbonyl (C=O) groups is 2. The van der Waals surface area contributed by atoms with E-state index < -0.39 is 11.9 Å². The smallest absolute Gasteiger partial charge is 0.322 e. The van der Waals surface area contributed by atoms with E-state index in [-0.39, 0.29) is 12.4 Å². The minimum atomic E-state index is -0.911. The molecule has 94 valence electrons. The van der Waals surface area contributed by atoms with Gasteiger partial charge in [0.05, 0.1) is 12.2 Å². The Balaban J connectivity index is 2.45. The fourth-order valence-electron chi connectivity index (χ4n) is 1.94. The quantitative estimate of drug-likeness (QED) is 0.603. The van der Waals surface area contributed by atoms with Crippen molar-refractivity contribution in [3.8, 4) is 0 Å². The number of fused-ring (bicyclic) bond motifs is 1. The van der Waals surface area contributed by atoms with Crippen molar-refractivity contribution in [3.05, 3.63) is 23.9 Å². The van der Waals surface area contributed by atoms with Crippen LogP contribution in [0.5, 0.6) is 0 Å². The summed E-state index contributed by atoms with van der Waals surface area (Å²) >= 11 is 0. The third-order valence-electron chi connectivity index (χ3n) is 2.78. The minimum Gasteiger partial charge on any atom is -0.465 e. The van der Waals surface area contributed by atoms with E-state index >= 15 is 0 Å². The summed E-state index contributed by atoms with van der Waals surface area (Å²) in [7, 11) is 0. The Hall–Kier alpha value is -2.04. The van der Waals surface area contributed by atoms with Gasteiger partial charge in [-0.1, -0.05) is 6.92 Å². The van der Waals surface area contributed by atoms with Crippen LogP contribution in [0.25, 0.3) is 0 Å². The number of hydrogen-bond acceptors (Lipinski definition) is 5. The second-order valence-corrected chi connectivity index (χ2v) is 3.88. The molecule has 0 amide bonds. The Kier molecular flexibility index (Phi) is 3.50. The number of aromatic nitrogens is 1. The van der Waals surface area contributed by atoms with Crippen molar-refractivity contribution in [2.24, 2.45) is 10.9 Å². The molecule has 1 aromatic heterocycles. The van der Waals surface area contributed by atoms with Crippen LogP contribution in [0.1, 0.15) is 30.6 Å². The monoisotopic (exact) mass is 246 g/mol. The predicted molar refractivity (Wildman–Crippen MR) is 66.1 cm³/mol. The van der Waals surface area contributed by atoms with E-state index in [1.54, 1.807) is 25.3 Å². The van der Waals surface area contributed by atoms with E-state index in [2.05, 4.69) is 9.98 Å². The van der Waals surface area contributed by atoms with Crippen molar-refractivity contribution in [2.75, 3.05) is 6.61 Å². The van der Waals surface area contributed by atoms with Gasteiger partial charge in [0.2, 0.25) is 0 Å². The van der Waals surface area contributed by atoms with Crippen LogP contribution in [0.3, 0.4) is 0 Å². The van der Waals surface area contributed by atoms with Gasteiger partial charge < -0.3 is 4.74 Å². The topological polar surface area (TPSA) is 68.6 Å². The zero-order valence-electron chi connectivity index (χ0n) is 10.3. The lowest BCUT2D eigenvalue weighted by Crippen LogP contribution is -2.35. The molecule has 1 atom stereocenters. The Morgan fingerprint density at radius 1 is 1.44 bits per heavy atom. The average Bonchev–Trinajstić information content (AvgIpc) is 2.38. The molecule has 2 heterocycles. The molecule has 0 N–H and O–H groups in total. The van der Waals surface area contributed by atoms with Crippen LogP contribution in [-0.2, 0) is 9.53 Å². The number of Topliss-reactive ketones (excluding diaryl/α,β-unsaturated/α-hetero) is 1. The lowest BCUT2D eigenvalue weighted by molar-refractivity contribution is -0.144. The molecule has 18 heavy (non-hydrogen) atoms. The molecule has 2 rings (SSSR count). The highest BCUT2D eigenvalue weighted by Crippen LogP contribution is 2.28. The van der Waals surface area contributed by atoms with Gasteiger partial charge in [0, 0.05) is 11.9 Å². The second-order valence-electron chi connectivity index (χ2n) is 3.88. The van der Waals surface area contributed by atoms with E-state index in [9.17, 15) is 9.59 Å². The molecular weight excluding hydrogens is 232 g/mol. The van der Waals surface area contributed by atoms with Gasteiger partial charge in [-0.25, -0.2) is 9.98 Å². The highest BCUT2D eigenvalue weighted by molar-refractivity contribution is 6.27. The van der Waals surface area contributed by atoms with Crippen LogP contribution < -0.4 is 0 Å². The molecule has 5 heteroatoms. The Morgan fingerprint density at radius 3 is 2.89 bits per heavy atom. The first kappa shape index (κ1) is 12.4. The van der Waals surface area contributed by atoms with Gasteiger partial charge in [-0.15, -0.1) is 0 Å². The lowest BCUT2D eigenvalue weighted by atomic mass is 9.89. The summed E-state index contributed by atoms with van der Waals surface area (Å²) in [4.78, 5) is 32.5. The largest absolute Gasteiger partial charge is 0.465 e. The fourth-order valence-corrected chi connectivity index (χ4v) is 1.94. The Bertz CT molecular complexity index is 523. The summed E-state index contributed by atoms with van der Waals surface area (Å²) in [6, 6.07) is 3.29. The van der Waals surface area contributed by atoms with E-state index in [0.29, 0.717) is 23.5 Å². The maximum absolute atomic E-state index is 12.3. The molecule has 0 spiro atoms. The van der Waals surface area contributed by atoms with Gasteiger partial charge in [-0.3, -0.25) is 9.59 Å². The molecule has 0 fully saturated rings. The summed E-state index contributed by atoms with van der Waals surface area (Å²) in [5.41, 5.74) is 0.900. The van der Waals surface area contributed by atoms with Crippen LogP contribution in [0.4, 0.5) is 5.82 Å². The number of hydrogen-bond donors (Lipinski definition) is 0. The van der Waals surface area contributed by atoms with Crippen LogP contribution in [-0.4, -0.2) is 29.1 Å². The van der Waals surface area contributed by atoms with Gasteiger partial charge in [0.25, 0.3) is 0 Å². The SMILES string of the molecule is CCOC(=O)C1C(=O)c2cccnc2N=C1CC. The summed E-state index contributed by atoms with van der Waals surface area (Å²) in [5.74, 6) is -1.33. The van der Waals surface area contributed by atoms with Crippen molar-refractivity contribution < 1.29 is 14.3 Å². The molecule has 1 aromatic rings. The molecular formula is C13H14N2O3. The van der Waals surface area contributed by atoms with Crippen molar-refractivity contribution in [2.45, 2.75) is 20.3 Å². The van der Waals surface area contributed by atoms with Gasteiger partial charge >= 0.3 is 5.97 Å². The number of rotatable bonds is 3. The van der Waals surface area contributed by atoms with Gasteiger partial charge in [0.15, 0.2) is 17.5 Å². The fraction of sp³-hybridized carbons (Fsp3) is 0.385. The third kappa shape index (κ3) is 2.03. The summed E-state index contributed by atoms with van der Waals surface area (Å²) < 4.78 is 4.94. The maximum Gasteiger partial charge on any atom is 0.322 e. The number of carbonyl (C=O) groups excluding carboxylic acids is 2. The number of ketones is 1. The van der Waals surface area contributed by atoms with Crippen LogP contribution in [0.15, 0.2) is 23.3 Å². The normalized spacial score (nSPS) is 18.0. The molecule has 1 unspecified atom stereocenters. The maximum atomic E-state index is 12.3. The number of nitrogens with zero attached hydrogens (tertiary/aromatic N) is 2. The van der Waals surface area contributed by atoms with E-state index in [4.69, 9.17) is 4.74 Å². The first-order valence-electron chi connectivity index (χ1n) is 5.92. The molecule has 5 nitrogen and oxygen atoms in total. The van der Waals surface area contributed by atoms with E-state index in [1.807, 2.05) is 6.92 Å². The third-order valence-corrected chi connectivity index (χ3v) is 2.78. The van der Waals surface area contributed by atoms with Gasteiger partial charge in [-0.2, -0.15) is 0 Å². The molecule has 0 bridgehead atoms. The van der Waals surface area contributed by atoms with Gasteiger partial charge in [0.1, 0.15) is 0 Å². The van der Waals surface area contributed by atoms with Crippen molar-refractivity contribution in [3.63, 3.8) is 0 Å². The Morgan fingerprint density at radius 2 is 2.22 bits per heavy atom. The standard InChI is InChI=1S/C13H14N2O3/c1-3-9-10(13(17)18-4-2)11(16)8-6-5-7-14-12(8)15-9/h5-7,10H,3-4H2,1-2H3. The molecule has 0 radical (unpaired) electrons. The van der Waals surface area contributed by atoms with Crippen LogP contribution in [0.2, 0.25) is 0 Å². The number of aliphatic imine (C=N–C) groups is 1. The zero-order valence-corrected chi connectivity index (χ0v) is 10.3. The van der Waals surface area contributed by atoms with Crippen molar-refractivity contribution >= 4 is 23.3 Å². The van der Waals surface area contributed by atoms with Crippen molar-refractivity contribution in [1.29, 1.82) is 0 Å². The highest BCUT2D eigenvalue weighted by atomic mass is 16.5. The van der Waals surface area contributed by atoms with E-state index in [1.165, 1.54) is 0 Å². The zero-order chi connectivity index (χ0) is 13.1. The number of pyridine rings is 1. The Labute approximate surface area is 105 Å². The first-order chi connectivity index (χ1) is 8.69. The first-order valence-corrected chi connectivity index (χ1v) is 5.92. The lowest BCUT2D eigenvalue weighted by Gasteiger charge is -2.20. The second kappa shape index (κ2) is 5.08. The average molecular weight is 246 g/mol. The molecule has 1 aliphatic rings. The van der Waals surface area contributed by atoms with Crippen LogP contribution >= 0.6 is 0 Å². The molecule has 0 aliphatic carbocycles. The molecule has 0 saturated heterocycles. The number of ether oxygens (including phenoxy) is 1. The predicted octanol–water partition coefficient (Wildman–Crippen LogP) is 1.94. The highest BCUT2D eigenvalue weighted by Gasteiger charge is 2.37.